The van der Waals surface area contributed by atoms with Gasteiger partial charge in [0.05, 0.1) is 16.6 Å². The number of nitrogens with zero attached hydrogens (tertiary/aromatic N) is 3. The first-order valence-electron chi connectivity index (χ1n) is 20.5. The van der Waals surface area contributed by atoms with Crippen molar-refractivity contribution in [3.05, 3.63) is 192 Å². The zero-order chi connectivity index (χ0) is 39.1. The predicted molar refractivity (Wildman–Crippen MR) is 245 cm³/mol. The lowest BCUT2D eigenvalue weighted by molar-refractivity contribution is 0.654. The van der Waals surface area contributed by atoms with E-state index in [1.165, 1.54) is 94.3 Å². The van der Waals surface area contributed by atoms with Gasteiger partial charge in [-0.05, 0) is 130 Å². The maximum Gasteiger partial charge on any atom is 0.0971 e. The molecule has 9 aromatic rings. The number of aromatic nitrogens is 3. The molecule has 0 radical (unpaired) electrons. The summed E-state index contributed by atoms with van der Waals surface area (Å²) in [5.41, 5.74) is 19.8. The van der Waals surface area contributed by atoms with E-state index in [-0.39, 0.29) is 5.41 Å². The van der Waals surface area contributed by atoms with Crippen LogP contribution in [0.15, 0.2) is 164 Å². The molecule has 0 aliphatic heterocycles. The molecule has 3 nitrogen and oxygen atoms in total. The maximum atomic E-state index is 4.76. The van der Waals surface area contributed by atoms with E-state index in [2.05, 4.69) is 184 Å². The van der Waals surface area contributed by atoms with Gasteiger partial charge in [0.15, 0.2) is 0 Å². The first-order chi connectivity index (χ1) is 28.3. The van der Waals surface area contributed by atoms with E-state index in [0.717, 1.165) is 34.6 Å². The quantitative estimate of drug-likeness (QED) is 0.164. The van der Waals surface area contributed by atoms with Gasteiger partial charge in [-0.15, -0.1) is 0 Å². The third-order valence-corrected chi connectivity index (χ3v) is 12.9. The Hall–Kier alpha value is -6.84. The number of para-hydroxylation sites is 1. The second kappa shape index (κ2) is 13.1. The third-order valence-electron chi connectivity index (χ3n) is 12.9. The Morgan fingerprint density at radius 1 is 0.638 bits per heavy atom. The second-order valence-electron chi connectivity index (χ2n) is 16.6. The Labute approximate surface area is 339 Å². The van der Waals surface area contributed by atoms with E-state index in [0.29, 0.717) is 0 Å². The highest BCUT2D eigenvalue weighted by molar-refractivity contribution is 6.23. The molecule has 0 amide bonds. The van der Waals surface area contributed by atoms with Gasteiger partial charge in [-0.2, -0.15) is 0 Å². The maximum absolute atomic E-state index is 4.76. The molecule has 0 unspecified atom stereocenters. The molecular weight excluding hydrogens is 703 g/mol. The van der Waals surface area contributed by atoms with Crippen LogP contribution in [0.25, 0.3) is 88.6 Å². The third kappa shape index (κ3) is 5.27. The minimum Gasteiger partial charge on any atom is -0.313 e. The minimum absolute atomic E-state index is 0.156. The van der Waals surface area contributed by atoms with Crippen LogP contribution in [0.5, 0.6) is 0 Å². The molecular formula is C55H43N3. The van der Waals surface area contributed by atoms with Crippen LogP contribution in [0.2, 0.25) is 0 Å². The summed E-state index contributed by atoms with van der Waals surface area (Å²) in [7, 11) is 0. The first kappa shape index (κ1) is 34.4. The van der Waals surface area contributed by atoms with E-state index in [1.807, 2.05) is 0 Å². The monoisotopic (exact) mass is 745 g/mol. The molecule has 2 heterocycles. The Bertz CT molecular complexity index is 3220. The highest BCUT2D eigenvalue weighted by atomic mass is 15.0. The van der Waals surface area contributed by atoms with E-state index < -0.39 is 0 Å². The van der Waals surface area contributed by atoms with Crippen molar-refractivity contribution in [2.24, 2.45) is 0 Å². The normalized spacial score (nSPS) is 14.9. The molecule has 7 aromatic carbocycles. The minimum atomic E-state index is -0.156. The highest BCUT2D eigenvalue weighted by Crippen LogP contribution is 2.49. The van der Waals surface area contributed by atoms with E-state index in [9.17, 15) is 0 Å². The van der Waals surface area contributed by atoms with Crippen LogP contribution in [0.1, 0.15) is 62.1 Å². The largest absolute Gasteiger partial charge is 0.313 e. The van der Waals surface area contributed by atoms with E-state index >= 15 is 0 Å². The number of benzene rings is 7. The Balaban J connectivity index is 0.906. The van der Waals surface area contributed by atoms with Crippen LogP contribution in [-0.4, -0.2) is 14.5 Å². The highest BCUT2D eigenvalue weighted by Gasteiger charge is 2.35. The molecule has 0 spiro atoms. The van der Waals surface area contributed by atoms with Crippen LogP contribution < -0.4 is 0 Å². The lowest BCUT2D eigenvalue weighted by Crippen LogP contribution is -2.16. The second-order valence-corrected chi connectivity index (χ2v) is 16.6. The summed E-state index contributed by atoms with van der Waals surface area (Å²) < 4.78 is 2.46. The molecule has 0 saturated heterocycles. The Kier molecular flexibility index (Phi) is 7.78. The molecule has 58 heavy (non-hydrogen) atoms. The van der Waals surface area contributed by atoms with Gasteiger partial charge in [0.25, 0.3) is 0 Å². The van der Waals surface area contributed by atoms with Crippen molar-refractivity contribution in [1.82, 2.24) is 14.5 Å². The number of hydrogen-bond acceptors (Lipinski definition) is 2. The SMILES string of the molecule is CC1=C(/C=C(\C)c2ccc3c(c2)c2ccccc2c2nccnc32)C(C)(C)c2cc(-c3cccc(-c4ccc(-n5c6c(c7ccccc75)C=CCC6)cc4)c3)ccc21. The molecule has 3 heteroatoms. The molecule has 2 aliphatic carbocycles. The van der Waals surface area contributed by atoms with Crippen molar-refractivity contribution >= 4 is 60.7 Å². The van der Waals surface area contributed by atoms with Gasteiger partial charge < -0.3 is 4.57 Å². The average molecular weight is 746 g/mol. The summed E-state index contributed by atoms with van der Waals surface area (Å²) in [6.07, 6.45) is 12.8. The zero-order valence-electron chi connectivity index (χ0n) is 33.3. The van der Waals surface area contributed by atoms with Crippen molar-refractivity contribution in [1.29, 1.82) is 0 Å². The van der Waals surface area contributed by atoms with Crippen molar-refractivity contribution in [3.8, 4) is 27.9 Å². The van der Waals surface area contributed by atoms with Crippen LogP contribution in [0, 0.1) is 0 Å². The summed E-state index contributed by atoms with van der Waals surface area (Å²) in [6.45, 7) is 9.30. The number of fused-ring (bicyclic) bond motifs is 10. The Morgan fingerprint density at radius 2 is 1.31 bits per heavy atom. The summed E-state index contributed by atoms with van der Waals surface area (Å²) in [5.74, 6) is 0. The molecule has 0 N–H and O–H groups in total. The van der Waals surface area contributed by atoms with Gasteiger partial charge >= 0.3 is 0 Å². The molecule has 0 saturated carbocycles. The molecule has 278 valence electrons. The van der Waals surface area contributed by atoms with Gasteiger partial charge in [0, 0.05) is 50.9 Å². The van der Waals surface area contributed by atoms with Gasteiger partial charge in [0.1, 0.15) is 0 Å². The summed E-state index contributed by atoms with van der Waals surface area (Å²) in [4.78, 5) is 9.48. The first-order valence-corrected chi connectivity index (χ1v) is 20.5. The summed E-state index contributed by atoms with van der Waals surface area (Å²) in [5, 5.41) is 6.02. The topological polar surface area (TPSA) is 30.7 Å². The molecule has 0 fully saturated rings. The summed E-state index contributed by atoms with van der Waals surface area (Å²) in [6, 6.07) is 49.4. The number of rotatable bonds is 5. The number of hydrogen-bond donors (Lipinski definition) is 0. The van der Waals surface area contributed by atoms with Gasteiger partial charge in [0.2, 0.25) is 0 Å². The van der Waals surface area contributed by atoms with Crippen LogP contribution in [0.3, 0.4) is 0 Å². The van der Waals surface area contributed by atoms with Crippen LogP contribution in [0.4, 0.5) is 0 Å². The van der Waals surface area contributed by atoms with Gasteiger partial charge in [-0.25, -0.2) is 0 Å². The Morgan fingerprint density at radius 3 is 2.10 bits per heavy atom. The fourth-order valence-corrected chi connectivity index (χ4v) is 9.94. The lowest BCUT2D eigenvalue weighted by atomic mass is 9.79. The van der Waals surface area contributed by atoms with E-state index in [1.54, 1.807) is 12.4 Å². The van der Waals surface area contributed by atoms with Gasteiger partial charge in [-0.1, -0.05) is 129 Å². The van der Waals surface area contributed by atoms with Crippen LogP contribution in [-0.2, 0) is 11.8 Å². The fourth-order valence-electron chi connectivity index (χ4n) is 9.94. The predicted octanol–water partition coefficient (Wildman–Crippen LogP) is 14.3. The van der Waals surface area contributed by atoms with E-state index in [4.69, 9.17) is 9.97 Å². The van der Waals surface area contributed by atoms with Crippen LogP contribution >= 0.6 is 0 Å². The molecule has 0 bridgehead atoms. The van der Waals surface area contributed by atoms with Gasteiger partial charge in [-0.3, -0.25) is 9.97 Å². The smallest absolute Gasteiger partial charge is 0.0971 e. The van der Waals surface area contributed by atoms with Crippen molar-refractivity contribution in [3.63, 3.8) is 0 Å². The van der Waals surface area contributed by atoms with Crippen molar-refractivity contribution in [2.45, 2.75) is 46.0 Å². The molecule has 2 aliphatic rings. The number of allylic oxidation sites excluding steroid dienone is 5. The molecule has 11 rings (SSSR count). The zero-order valence-corrected chi connectivity index (χ0v) is 33.3. The lowest BCUT2D eigenvalue weighted by Gasteiger charge is -2.24. The summed E-state index contributed by atoms with van der Waals surface area (Å²) >= 11 is 0. The van der Waals surface area contributed by atoms with Crippen molar-refractivity contribution in [2.75, 3.05) is 0 Å². The van der Waals surface area contributed by atoms with Crippen molar-refractivity contribution < 1.29 is 0 Å². The fraction of sp³-hybridized carbons (Fsp3) is 0.127. The molecule has 0 atom stereocenters. The molecule has 2 aromatic heterocycles. The average Bonchev–Trinajstić information content (AvgIpc) is 3.71. The standard InChI is InChI=1S/C55H43N3/c1-34(37-22-27-47-48(32-37)43-14-5-6-17-46(43)53-54(47)57-29-28-56-53)30-49-35(2)42-26-23-40(33-50(42)55(49,3)4)39-13-11-12-38(31-39)36-20-24-41(25-21-36)58-51-18-9-7-15-44(51)45-16-8-10-19-52(45)58/h5-9,11-18,20-33H,10,19H2,1-4H3/b34-30+.